The number of benzene rings is 1. The van der Waals surface area contributed by atoms with Gasteiger partial charge in [-0.15, -0.1) is 0 Å². The molecule has 2 aromatic rings. The summed E-state index contributed by atoms with van der Waals surface area (Å²) in [4.78, 5) is 4.26. The molecule has 0 aliphatic rings. The lowest BCUT2D eigenvalue weighted by molar-refractivity contribution is -0.0916. The molecule has 5 heteroatoms. The van der Waals surface area contributed by atoms with E-state index < -0.39 is 0 Å². The number of methoxy groups -OCH3 is 2. The first-order valence-corrected chi connectivity index (χ1v) is 4.98. The van der Waals surface area contributed by atoms with E-state index in [-0.39, 0.29) is 6.29 Å². The zero-order chi connectivity index (χ0) is 11.4. The van der Waals surface area contributed by atoms with E-state index in [0.717, 1.165) is 11.1 Å². The summed E-state index contributed by atoms with van der Waals surface area (Å²) in [6, 6.07) is 8.07. The number of fused-ring (bicyclic) bond motifs is 1. The predicted octanol–water partition coefficient (Wildman–Crippen LogP) is 1.86. The molecule has 0 atom stereocenters. The Morgan fingerprint density at radius 1 is 1.31 bits per heavy atom. The summed E-state index contributed by atoms with van der Waals surface area (Å²) >= 11 is 0. The summed E-state index contributed by atoms with van der Waals surface area (Å²) in [6.07, 6.45) is -0.310. The standard InChI is InChI=1S/C11H14N2O3/c1-14-10(15-2)7-12-11-13-8-5-3-4-6-9(8)16-11/h3-6,10H,7H2,1-2H3,(H,12,13). The number of nitrogens with zero attached hydrogens (tertiary/aromatic N) is 1. The first-order chi connectivity index (χ1) is 7.83. The van der Waals surface area contributed by atoms with Crippen molar-refractivity contribution in [1.29, 1.82) is 0 Å². The second-order valence-corrected chi connectivity index (χ2v) is 3.27. The van der Waals surface area contributed by atoms with E-state index >= 15 is 0 Å². The fraction of sp³-hybridized carbons (Fsp3) is 0.364. The minimum atomic E-state index is -0.310. The maximum Gasteiger partial charge on any atom is 0.295 e. The zero-order valence-electron chi connectivity index (χ0n) is 9.27. The van der Waals surface area contributed by atoms with Crippen LogP contribution in [0.5, 0.6) is 0 Å². The number of ether oxygens (including phenoxy) is 2. The van der Waals surface area contributed by atoms with E-state index in [4.69, 9.17) is 13.9 Å². The molecule has 0 unspecified atom stereocenters. The van der Waals surface area contributed by atoms with Gasteiger partial charge in [-0.25, -0.2) is 0 Å². The van der Waals surface area contributed by atoms with Crippen molar-refractivity contribution in [3.05, 3.63) is 24.3 Å². The van der Waals surface area contributed by atoms with Crippen molar-refractivity contribution >= 4 is 17.1 Å². The summed E-state index contributed by atoms with van der Waals surface area (Å²) < 4.78 is 15.6. The van der Waals surface area contributed by atoms with Crippen LogP contribution >= 0.6 is 0 Å². The van der Waals surface area contributed by atoms with Gasteiger partial charge in [0.1, 0.15) is 5.52 Å². The summed E-state index contributed by atoms with van der Waals surface area (Å²) in [5.41, 5.74) is 1.59. The quantitative estimate of drug-likeness (QED) is 0.782. The van der Waals surface area contributed by atoms with Gasteiger partial charge in [0.15, 0.2) is 11.9 Å². The summed E-state index contributed by atoms with van der Waals surface area (Å²) in [5.74, 6) is 0. The Balaban J connectivity index is 2.04. The summed E-state index contributed by atoms with van der Waals surface area (Å²) in [5, 5.41) is 3.01. The Morgan fingerprint density at radius 2 is 2.06 bits per heavy atom. The number of hydrogen-bond donors (Lipinski definition) is 1. The highest BCUT2D eigenvalue weighted by atomic mass is 16.7. The van der Waals surface area contributed by atoms with E-state index in [1.807, 2.05) is 24.3 Å². The van der Waals surface area contributed by atoms with E-state index in [0.29, 0.717) is 12.6 Å². The van der Waals surface area contributed by atoms with E-state index in [1.54, 1.807) is 14.2 Å². The molecule has 0 radical (unpaired) electrons. The third-order valence-electron chi connectivity index (χ3n) is 2.24. The van der Waals surface area contributed by atoms with Crippen molar-refractivity contribution < 1.29 is 13.9 Å². The number of hydrogen-bond acceptors (Lipinski definition) is 5. The monoisotopic (exact) mass is 222 g/mol. The fourth-order valence-electron chi connectivity index (χ4n) is 1.38. The lowest BCUT2D eigenvalue weighted by Gasteiger charge is -2.12. The maximum atomic E-state index is 5.47. The Morgan fingerprint density at radius 3 is 2.75 bits per heavy atom. The van der Waals surface area contributed by atoms with Gasteiger partial charge in [-0.2, -0.15) is 4.98 Å². The third kappa shape index (κ3) is 2.32. The van der Waals surface area contributed by atoms with Gasteiger partial charge in [0.2, 0.25) is 0 Å². The van der Waals surface area contributed by atoms with Crippen LogP contribution in [0.3, 0.4) is 0 Å². The molecule has 0 spiro atoms. The molecule has 1 heterocycles. The number of para-hydroxylation sites is 2. The molecule has 0 saturated carbocycles. The van der Waals surface area contributed by atoms with Gasteiger partial charge in [-0.05, 0) is 12.1 Å². The number of aromatic nitrogens is 1. The van der Waals surface area contributed by atoms with Crippen molar-refractivity contribution in [3.8, 4) is 0 Å². The average Bonchev–Trinajstić information content (AvgIpc) is 2.73. The normalized spacial score (nSPS) is 11.2. The number of nitrogens with one attached hydrogen (secondary N) is 1. The van der Waals surface area contributed by atoms with Crippen LogP contribution in [0.1, 0.15) is 0 Å². The molecule has 0 saturated heterocycles. The molecule has 0 aliphatic carbocycles. The smallest absolute Gasteiger partial charge is 0.295 e. The first-order valence-electron chi connectivity index (χ1n) is 4.98. The van der Waals surface area contributed by atoms with Crippen LogP contribution in [0, 0.1) is 0 Å². The van der Waals surface area contributed by atoms with Crippen molar-refractivity contribution in [1.82, 2.24) is 4.98 Å². The van der Waals surface area contributed by atoms with Gasteiger partial charge in [-0.3, -0.25) is 0 Å². The molecule has 1 aromatic carbocycles. The molecule has 1 N–H and O–H groups in total. The molecule has 0 fully saturated rings. The van der Waals surface area contributed by atoms with E-state index in [9.17, 15) is 0 Å². The second kappa shape index (κ2) is 4.96. The fourth-order valence-corrected chi connectivity index (χ4v) is 1.38. The Hall–Kier alpha value is -1.59. The average molecular weight is 222 g/mol. The number of oxazole rings is 1. The Labute approximate surface area is 93.4 Å². The van der Waals surface area contributed by atoms with Crippen LogP contribution in [0.2, 0.25) is 0 Å². The summed E-state index contributed by atoms with van der Waals surface area (Å²) in [7, 11) is 3.17. The maximum absolute atomic E-state index is 5.47. The highest BCUT2D eigenvalue weighted by molar-refractivity contribution is 5.74. The van der Waals surface area contributed by atoms with Crippen LogP contribution in [0.25, 0.3) is 11.1 Å². The van der Waals surface area contributed by atoms with E-state index in [1.165, 1.54) is 0 Å². The van der Waals surface area contributed by atoms with Crippen LogP contribution in [0.15, 0.2) is 28.7 Å². The Kier molecular flexibility index (Phi) is 3.38. The molecule has 2 rings (SSSR count). The van der Waals surface area contributed by atoms with Gasteiger partial charge in [0.05, 0.1) is 6.54 Å². The SMILES string of the molecule is COC(CNc1nc2ccccc2o1)OC. The minimum absolute atomic E-state index is 0.310. The molecular weight excluding hydrogens is 208 g/mol. The minimum Gasteiger partial charge on any atom is -0.424 e. The second-order valence-electron chi connectivity index (χ2n) is 3.27. The van der Waals surface area contributed by atoms with E-state index in [2.05, 4.69) is 10.3 Å². The van der Waals surface area contributed by atoms with Crippen LogP contribution in [-0.4, -0.2) is 32.0 Å². The van der Waals surface area contributed by atoms with Crippen LogP contribution < -0.4 is 5.32 Å². The molecule has 1 aromatic heterocycles. The highest BCUT2D eigenvalue weighted by Gasteiger charge is 2.08. The lowest BCUT2D eigenvalue weighted by atomic mass is 10.3. The molecule has 0 bridgehead atoms. The Bertz CT molecular complexity index is 418. The molecule has 86 valence electrons. The van der Waals surface area contributed by atoms with Gasteiger partial charge in [0, 0.05) is 14.2 Å². The number of rotatable bonds is 5. The van der Waals surface area contributed by atoms with Crippen molar-refractivity contribution in [2.24, 2.45) is 0 Å². The van der Waals surface area contributed by atoms with Crippen molar-refractivity contribution in [2.75, 3.05) is 26.1 Å². The van der Waals surface area contributed by atoms with Gasteiger partial charge < -0.3 is 19.2 Å². The van der Waals surface area contributed by atoms with Gasteiger partial charge >= 0.3 is 0 Å². The third-order valence-corrected chi connectivity index (χ3v) is 2.24. The van der Waals surface area contributed by atoms with Crippen molar-refractivity contribution in [2.45, 2.75) is 6.29 Å². The lowest BCUT2D eigenvalue weighted by Crippen LogP contribution is -2.23. The number of anilines is 1. The van der Waals surface area contributed by atoms with Gasteiger partial charge in [-0.1, -0.05) is 12.1 Å². The van der Waals surface area contributed by atoms with Crippen LogP contribution in [0.4, 0.5) is 6.01 Å². The summed E-state index contributed by atoms with van der Waals surface area (Å²) in [6.45, 7) is 0.486. The molecule has 0 aliphatic heterocycles. The zero-order valence-corrected chi connectivity index (χ0v) is 9.27. The molecule has 5 nitrogen and oxygen atoms in total. The molecular formula is C11H14N2O3. The van der Waals surface area contributed by atoms with Gasteiger partial charge in [0.25, 0.3) is 6.01 Å². The predicted molar refractivity (Wildman–Crippen MR) is 60.3 cm³/mol. The first kappa shape index (κ1) is 10.9. The van der Waals surface area contributed by atoms with Crippen LogP contribution in [-0.2, 0) is 9.47 Å². The molecule has 16 heavy (non-hydrogen) atoms. The molecule has 0 amide bonds. The van der Waals surface area contributed by atoms with Crippen molar-refractivity contribution in [3.63, 3.8) is 0 Å². The topological polar surface area (TPSA) is 56.5 Å². The largest absolute Gasteiger partial charge is 0.424 e. The highest BCUT2D eigenvalue weighted by Crippen LogP contribution is 2.17.